The minimum atomic E-state index is -3.86. The number of aromatic nitrogens is 1. The first-order valence-electron chi connectivity index (χ1n) is 9.08. The standard InChI is InChI=1S/C20H16N4O7S2/c1-31-19(26)17(12-18(25)13-3-2-4-15(11-13)24(27)28)22-14-5-7-16(8-6-14)33(29,30)23-20-21-9-10-32-20/h2-12,22H,1H3,(H,21,23)/b17-12-. The van der Waals surface area contributed by atoms with Gasteiger partial charge in [0.05, 0.1) is 16.9 Å². The van der Waals surface area contributed by atoms with Gasteiger partial charge in [-0.2, -0.15) is 0 Å². The molecule has 33 heavy (non-hydrogen) atoms. The second-order valence-corrected chi connectivity index (χ2v) is 8.89. The smallest absolute Gasteiger partial charge is 0.354 e. The van der Waals surface area contributed by atoms with Gasteiger partial charge in [0, 0.05) is 41.0 Å². The van der Waals surface area contributed by atoms with E-state index in [1.54, 1.807) is 5.38 Å². The van der Waals surface area contributed by atoms with Crippen LogP contribution in [-0.4, -0.2) is 37.2 Å². The van der Waals surface area contributed by atoms with Crippen LogP contribution in [0, 0.1) is 10.1 Å². The number of ketones is 1. The van der Waals surface area contributed by atoms with Crippen LogP contribution in [0.3, 0.4) is 0 Å². The zero-order valence-electron chi connectivity index (χ0n) is 16.9. The molecule has 2 N–H and O–H groups in total. The van der Waals surface area contributed by atoms with Crippen LogP contribution in [-0.2, 0) is 19.6 Å². The molecule has 11 nitrogen and oxygen atoms in total. The summed E-state index contributed by atoms with van der Waals surface area (Å²) < 4.78 is 31.9. The van der Waals surface area contributed by atoms with Crippen molar-refractivity contribution in [2.45, 2.75) is 4.90 Å². The normalized spacial score (nSPS) is 11.5. The minimum Gasteiger partial charge on any atom is -0.464 e. The maximum absolute atomic E-state index is 12.5. The maximum atomic E-state index is 12.5. The van der Waals surface area contributed by atoms with Gasteiger partial charge in [0.25, 0.3) is 15.7 Å². The van der Waals surface area contributed by atoms with E-state index in [2.05, 4.69) is 19.8 Å². The number of allylic oxidation sites excluding steroid dienone is 1. The molecule has 0 radical (unpaired) electrons. The SMILES string of the molecule is COC(=O)/C(=C/C(=O)c1cccc([N+](=O)[O-])c1)Nc1ccc(S(=O)(=O)Nc2nccs2)cc1. The number of carbonyl (C=O) groups is 2. The van der Waals surface area contributed by atoms with E-state index >= 15 is 0 Å². The van der Waals surface area contributed by atoms with Gasteiger partial charge in [0.2, 0.25) is 0 Å². The molecule has 0 aliphatic carbocycles. The number of benzene rings is 2. The largest absolute Gasteiger partial charge is 0.464 e. The first-order valence-corrected chi connectivity index (χ1v) is 11.4. The quantitative estimate of drug-likeness (QED) is 0.152. The minimum absolute atomic E-state index is 0.00195. The lowest BCUT2D eigenvalue weighted by Crippen LogP contribution is -2.16. The van der Waals surface area contributed by atoms with Gasteiger partial charge < -0.3 is 10.1 Å². The fourth-order valence-corrected chi connectivity index (χ4v) is 4.35. The van der Waals surface area contributed by atoms with Gasteiger partial charge in [0.15, 0.2) is 10.9 Å². The van der Waals surface area contributed by atoms with E-state index in [1.165, 1.54) is 48.7 Å². The predicted molar refractivity (Wildman–Crippen MR) is 121 cm³/mol. The van der Waals surface area contributed by atoms with Crippen LogP contribution in [0.15, 0.2) is 76.8 Å². The topological polar surface area (TPSA) is 158 Å². The molecular formula is C20H16N4O7S2. The summed E-state index contributed by atoms with van der Waals surface area (Å²) in [6.45, 7) is 0. The maximum Gasteiger partial charge on any atom is 0.354 e. The number of nitrogens with zero attached hydrogens (tertiary/aromatic N) is 2. The predicted octanol–water partition coefficient (Wildman–Crippen LogP) is 3.20. The second kappa shape index (κ2) is 10.0. The fourth-order valence-electron chi connectivity index (χ4n) is 2.56. The summed E-state index contributed by atoms with van der Waals surface area (Å²) in [5, 5.41) is 15.5. The Balaban J connectivity index is 1.82. The first kappa shape index (κ1) is 23.6. The number of carbonyl (C=O) groups excluding carboxylic acids is 2. The highest BCUT2D eigenvalue weighted by Crippen LogP contribution is 2.21. The third-order valence-corrected chi connectivity index (χ3v) is 6.29. The van der Waals surface area contributed by atoms with Crippen molar-refractivity contribution >= 4 is 49.6 Å². The molecule has 3 aromatic rings. The van der Waals surface area contributed by atoms with Crippen molar-refractivity contribution in [3.8, 4) is 0 Å². The molecule has 0 amide bonds. The molecule has 0 bridgehead atoms. The van der Waals surface area contributed by atoms with E-state index in [1.807, 2.05) is 0 Å². The Kier molecular flexibility index (Phi) is 7.15. The number of nitro benzene ring substituents is 1. The molecule has 1 heterocycles. The van der Waals surface area contributed by atoms with Gasteiger partial charge in [-0.05, 0) is 24.3 Å². The Labute approximate surface area is 191 Å². The molecule has 0 saturated carbocycles. The van der Waals surface area contributed by atoms with E-state index in [4.69, 9.17) is 0 Å². The van der Waals surface area contributed by atoms with Crippen molar-refractivity contribution in [1.29, 1.82) is 0 Å². The molecule has 0 spiro atoms. The van der Waals surface area contributed by atoms with Crippen LogP contribution < -0.4 is 10.0 Å². The average molecular weight is 489 g/mol. The number of thiazole rings is 1. The number of methoxy groups -OCH3 is 1. The number of ether oxygens (including phenoxy) is 1. The summed E-state index contributed by atoms with van der Waals surface area (Å²) in [6.07, 6.45) is 2.41. The van der Waals surface area contributed by atoms with Crippen molar-refractivity contribution in [3.05, 3.63) is 87.6 Å². The zero-order valence-corrected chi connectivity index (χ0v) is 18.6. The lowest BCUT2D eigenvalue weighted by Gasteiger charge is -2.10. The zero-order chi connectivity index (χ0) is 24.0. The van der Waals surface area contributed by atoms with Crippen molar-refractivity contribution in [2.24, 2.45) is 0 Å². The van der Waals surface area contributed by atoms with Crippen molar-refractivity contribution in [2.75, 3.05) is 17.1 Å². The monoisotopic (exact) mass is 488 g/mol. The molecule has 0 unspecified atom stereocenters. The van der Waals surface area contributed by atoms with Crippen molar-refractivity contribution < 1.29 is 27.7 Å². The van der Waals surface area contributed by atoms with Crippen LogP contribution in [0.25, 0.3) is 0 Å². The molecule has 2 aromatic carbocycles. The Bertz CT molecular complexity index is 1320. The Morgan fingerprint density at radius 3 is 2.52 bits per heavy atom. The molecular weight excluding hydrogens is 472 g/mol. The van der Waals surface area contributed by atoms with Gasteiger partial charge in [-0.15, -0.1) is 11.3 Å². The fraction of sp³-hybridized carbons (Fsp3) is 0.0500. The number of non-ortho nitro benzene ring substituents is 1. The molecule has 3 rings (SSSR count). The summed E-state index contributed by atoms with van der Waals surface area (Å²) in [6, 6.07) is 10.4. The van der Waals surface area contributed by atoms with Crippen LogP contribution in [0.5, 0.6) is 0 Å². The second-order valence-electron chi connectivity index (χ2n) is 6.31. The number of rotatable bonds is 9. The number of hydrogen-bond donors (Lipinski definition) is 2. The molecule has 0 saturated heterocycles. The van der Waals surface area contributed by atoms with Crippen LogP contribution >= 0.6 is 11.3 Å². The van der Waals surface area contributed by atoms with Gasteiger partial charge in [0.1, 0.15) is 5.70 Å². The molecule has 0 aliphatic heterocycles. The molecule has 13 heteroatoms. The Morgan fingerprint density at radius 1 is 1.18 bits per heavy atom. The van der Waals surface area contributed by atoms with Crippen LogP contribution in [0.4, 0.5) is 16.5 Å². The third kappa shape index (κ3) is 5.99. The lowest BCUT2D eigenvalue weighted by atomic mass is 10.1. The first-order chi connectivity index (χ1) is 15.7. The number of nitro groups is 1. The third-order valence-electron chi connectivity index (χ3n) is 4.12. The Morgan fingerprint density at radius 2 is 1.91 bits per heavy atom. The molecule has 0 atom stereocenters. The number of esters is 1. The van der Waals surface area contributed by atoms with E-state index in [9.17, 15) is 28.1 Å². The average Bonchev–Trinajstić information content (AvgIpc) is 3.30. The van der Waals surface area contributed by atoms with Gasteiger partial charge >= 0.3 is 5.97 Å². The van der Waals surface area contributed by atoms with Gasteiger partial charge in [-0.3, -0.25) is 19.6 Å². The highest BCUT2D eigenvalue weighted by molar-refractivity contribution is 7.93. The number of anilines is 2. The van der Waals surface area contributed by atoms with Crippen molar-refractivity contribution in [3.63, 3.8) is 0 Å². The molecule has 0 aliphatic rings. The molecule has 1 aromatic heterocycles. The summed E-state index contributed by atoms with van der Waals surface area (Å²) in [7, 11) is -2.74. The summed E-state index contributed by atoms with van der Waals surface area (Å²) in [5.74, 6) is -1.53. The van der Waals surface area contributed by atoms with Crippen LogP contribution in [0.1, 0.15) is 10.4 Å². The van der Waals surface area contributed by atoms with Gasteiger partial charge in [-0.25, -0.2) is 18.2 Å². The summed E-state index contributed by atoms with van der Waals surface area (Å²) in [5.41, 5.74) is -0.218. The van der Waals surface area contributed by atoms with E-state index in [0.29, 0.717) is 5.69 Å². The molecule has 170 valence electrons. The highest BCUT2D eigenvalue weighted by atomic mass is 32.2. The van der Waals surface area contributed by atoms with E-state index in [-0.39, 0.29) is 27.0 Å². The summed E-state index contributed by atoms with van der Waals surface area (Å²) >= 11 is 1.13. The van der Waals surface area contributed by atoms with E-state index in [0.717, 1.165) is 30.6 Å². The summed E-state index contributed by atoms with van der Waals surface area (Å²) in [4.78, 5) is 38.8. The lowest BCUT2D eigenvalue weighted by molar-refractivity contribution is -0.384. The Hall–Kier alpha value is -4.10. The van der Waals surface area contributed by atoms with Crippen molar-refractivity contribution in [1.82, 2.24) is 4.98 Å². The van der Waals surface area contributed by atoms with E-state index < -0.39 is 26.7 Å². The number of hydrogen-bond acceptors (Lipinski definition) is 10. The number of nitrogens with one attached hydrogen (secondary N) is 2. The van der Waals surface area contributed by atoms with Gasteiger partial charge in [-0.1, -0.05) is 12.1 Å². The molecule has 0 fully saturated rings. The number of sulfonamides is 1. The highest BCUT2D eigenvalue weighted by Gasteiger charge is 2.18. The van der Waals surface area contributed by atoms with Crippen LogP contribution in [0.2, 0.25) is 0 Å².